The quantitative estimate of drug-likeness (QED) is 0.874. The lowest BCUT2D eigenvalue weighted by Gasteiger charge is -2.29. The Labute approximate surface area is 114 Å². The first-order valence-corrected chi connectivity index (χ1v) is 6.83. The van der Waals surface area contributed by atoms with Crippen molar-refractivity contribution in [3.63, 3.8) is 0 Å². The molecule has 0 aromatic heterocycles. The van der Waals surface area contributed by atoms with E-state index in [0.29, 0.717) is 6.61 Å². The SMILES string of the molecule is COCc1ccccc1NC(=O)C1CCCNC1C. The molecule has 2 unspecified atom stereocenters. The molecule has 0 bridgehead atoms. The molecule has 1 saturated heterocycles. The van der Waals surface area contributed by atoms with Crippen LogP contribution in [-0.4, -0.2) is 25.6 Å². The molecule has 1 fully saturated rings. The van der Waals surface area contributed by atoms with Crippen LogP contribution >= 0.6 is 0 Å². The molecule has 2 rings (SSSR count). The Morgan fingerprint density at radius 1 is 1.47 bits per heavy atom. The summed E-state index contributed by atoms with van der Waals surface area (Å²) in [6.07, 6.45) is 2.01. The normalized spacial score (nSPS) is 23.1. The predicted octanol–water partition coefficient (Wildman–Crippen LogP) is 2.16. The molecule has 2 atom stereocenters. The first-order chi connectivity index (χ1) is 9.22. The average Bonchev–Trinajstić information content (AvgIpc) is 2.41. The van der Waals surface area contributed by atoms with Crippen molar-refractivity contribution in [2.24, 2.45) is 5.92 Å². The summed E-state index contributed by atoms with van der Waals surface area (Å²) in [5.41, 5.74) is 1.86. The monoisotopic (exact) mass is 262 g/mol. The van der Waals surface area contributed by atoms with Crippen molar-refractivity contribution in [2.75, 3.05) is 19.0 Å². The molecular formula is C15H22N2O2. The fourth-order valence-corrected chi connectivity index (χ4v) is 2.55. The van der Waals surface area contributed by atoms with Gasteiger partial charge >= 0.3 is 0 Å². The van der Waals surface area contributed by atoms with E-state index >= 15 is 0 Å². The lowest BCUT2D eigenvalue weighted by molar-refractivity contribution is -0.121. The fourth-order valence-electron chi connectivity index (χ4n) is 2.55. The van der Waals surface area contributed by atoms with E-state index in [-0.39, 0.29) is 17.9 Å². The zero-order chi connectivity index (χ0) is 13.7. The van der Waals surface area contributed by atoms with Gasteiger partial charge in [-0.15, -0.1) is 0 Å². The highest BCUT2D eigenvalue weighted by Crippen LogP contribution is 2.21. The number of nitrogens with one attached hydrogen (secondary N) is 2. The molecule has 0 spiro atoms. The van der Waals surface area contributed by atoms with Crippen LogP contribution in [0.4, 0.5) is 5.69 Å². The van der Waals surface area contributed by atoms with Gasteiger partial charge in [0.2, 0.25) is 5.91 Å². The van der Waals surface area contributed by atoms with Gasteiger partial charge in [0.1, 0.15) is 0 Å². The smallest absolute Gasteiger partial charge is 0.229 e. The molecule has 0 radical (unpaired) electrons. The van der Waals surface area contributed by atoms with Crippen LogP contribution in [0.3, 0.4) is 0 Å². The highest BCUT2D eigenvalue weighted by atomic mass is 16.5. The van der Waals surface area contributed by atoms with Gasteiger partial charge in [-0.2, -0.15) is 0 Å². The second-order valence-electron chi connectivity index (χ2n) is 5.07. The van der Waals surface area contributed by atoms with Crippen LogP contribution in [0.2, 0.25) is 0 Å². The van der Waals surface area contributed by atoms with Gasteiger partial charge in [0, 0.05) is 24.4 Å². The van der Waals surface area contributed by atoms with E-state index < -0.39 is 0 Å². The van der Waals surface area contributed by atoms with Gasteiger partial charge in [0.15, 0.2) is 0 Å². The van der Waals surface area contributed by atoms with E-state index in [2.05, 4.69) is 17.6 Å². The molecule has 1 aliphatic heterocycles. The molecule has 0 saturated carbocycles. The Morgan fingerprint density at radius 3 is 3.00 bits per heavy atom. The standard InChI is InChI=1S/C15H22N2O2/c1-11-13(7-5-9-16-11)15(18)17-14-8-4-3-6-12(14)10-19-2/h3-4,6,8,11,13,16H,5,7,9-10H2,1-2H3,(H,17,18). The molecule has 1 heterocycles. The Hall–Kier alpha value is -1.39. The topological polar surface area (TPSA) is 50.4 Å². The summed E-state index contributed by atoms with van der Waals surface area (Å²) in [6.45, 7) is 3.59. The summed E-state index contributed by atoms with van der Waals surface area (Å²) in [6, 6.07) is 8.02. The number of amides is 1. The third-order valence-corrected chi connectivity index (χ3v) is 3.67. The van der Waals surface area contributed by atoms with Crippen molar-refractivity contribution in [2.45, 2.75) is 32.4 Å². The molecule has 1 aromatic rings. The fraction of sp³-hybridized carbons (Fsp3) is 0.533. The van der Waals surface area contributed by atoms with E-state index in [4.69, 9.17) is 4.74 Å². The molecule has 19 heavy (non-hydrogen) atoms. The summed E-state index contributed by atoms with van der Waals surface area (Å²) >= 11 is 0. The first-order valence-electron chi connectivity index (χ1n) is 6.83. The maximum Gasteiger partial charge on any atom is 0.229 e. The molecule has 4 heteroatoms. The summed E-state index contributed by atoms with van der Waals surface area (Å²) in [5.74, 6) is 0.146. The third kappa shape index (κ3) is 3.55. The van der Waals surface area contributed by atoms with Gasteiger partial charge in [-0.25, -0.2) is 0 Å². The van der Waals surface area contributed by atoms with Gasteiger partial charge in [-0.1, -0.05) is 18.2 Å². The molecule has 1 aliphatic rings. The molecule has 4 nitrogen and oxygen atoms in total. The number of carbonyl (C=O) groups is 1. The first kappa shape index (κ1) is 14.0. The number of hydrogen-bond acceptors (Lipinski definition) is 3. The lowest BCUT2D eigenvalue weighted by atomic mass is 9.91. The third-order valence-electron chi connectivity index (χ3n) is 3.67. The number of methoxy groups -OCH3 is 1. The lowest BCUT2D eigenvalue weighted by Crippen LogP contribution is -2.44. The van der Waals surface area contributed by atoms with Crippen LogP contribution in [0.1, 0.15) is 25.3 Å². The number of ether oxygens (including phenoxy) is 1. The van der Waals surface area contributed by atoms with Crippen molar-refractivity contribution in [3.8, 4) is 0 Å². The summed E-state index contributed by atoms with van der Waals surface area (Å²) in [5, 5.41) is 6.39. The van der Waals surface area contributed by atoms with E-state index in [9.17, 15) is 4.79 Å². The van der Waals surface area contributed by atoms with Crippen molar-refractivity contribution >= 4 is 11.6 Å². The molecule has 104 valence electrons. The number of benzene rings is 1. The van der Waals surface area contributed by atoms with Crippen LogP contribution in [0.25, 0.3) is 0 Å². The minimum absolute atomic E-state index is 0.0457. The van der Waals surface area contributed by atoms with Gasteiger partial charge < -0.3 is 15.4 Å². The summed E-state index contributed by atoms with van der Waals surface area (Å²) in [4.78, 5) is 12.3. The van der Waals surface area contributed by atoms with Crippen molar-refractivity contribution in [3.05, 3.63) is 29.8 Å². The molecule has 1 amide bonds. The second kappa shape index (κ2) is 6.68. The zero-order valence-electron chi connectivity index (χ0n) is 11.6. The largest absolute Gasteiger partial charge is 0.380 e. The molecule has 2 N–H and O–H groups in total. The average molecular weight is 262 g/mol. The second-order valence-corrected chi connectivity index (χ2v) is 5.07. The Bertz CT molecular complexity index is 434. The minimum Gasteiger partial charge on any atom is -0.380 e. The van der Waals surface area contributed by atoms with Crippen molar-refractivity contribution in [1.82, 2.24) is 5.32 Å². The number of anilines is 1. The molecular weight excluding hydrogens is 240 g/mol. The number of hydrogen-bond donors (Lipinski definition) is 2. The summed E-state index contributed by atoms with van der Waals surface area (Å²) in [7, 11) is 1.66. The van der Waals surface area contributed by atoms with Crippen LogP contribution in [-0.2, 0) is 16.1 Å². The zero-order valence-corrected chi connectivity index (χ0v) is 11.6. The van der Waals surface area contributed by atoms with E-state index in [1.165, 1.54) is 0 Å². The van der Waals surface area contributed by atoms with E-state index in [0.717, 1.165) is 30.6 Å². The number of piperidine rings is 1. The van der Waals surface area contributed by atoms with Gasteiger partial charge in [-0.3, -0.25) is 4.79 Å². The van der Waals surface area contributed by atoms with Crippen molar-refractivity contribution in [1.29, 1.82) is 0 Å². The van der Waals surface area contributed by atoms with Crippen LogP contribution in [0, 0.1) is 5.92 Å². The Balaban J connectivity index is 2.05. The van der Waals surface area contributed by atoms with E-state index in [1.807, 2.05) is 24.3 Å². The van der Waals surface area contributed by atoms with Crippen molar-refractivity contribution < 1.29 is 9.53 Å². The maximum absolute atomic E-state index is 12.3. The number of rotatable bonds is 4. The predicted molar refractivity (Wildman–Crippen MR) is 76.0 cm³/mol. The van der Waals surface area contributed by atoms with Gasteiger partial charge in [0.05, 0.1) is 12.5 Å². The Kier molecular flexibility index (Phi) is 4.93. The maximum atomic E-state index is 12.3. The highest BCUT2D eigenvalue weighted by Gasteiger charge is 2.27. The Morgan fingerprint density at radius 2 is 2.26 bits per heavy atom. The van der Waals surface area contributed by atoms with E-state index in [1.54, 1.807) is 7.11 Å². The van der Waals surface area contributed by atoms with Gasteiger partial charge in [0.25, 0.3) is 0 Å². The minimum atomic E-state index is 0.0457. The van der Waals surface area contributed by atoms with Crippen LogP contribution < -0.4 is 10.6 Å². The van der Waals surface area contributed by atoms with Crippen LogP contribution in [0.5, 0.6) is 0 Å². The highest BCUT2D eigenvalue weighted by molar-refractivity contribution is 5.93. The van der Waals surface area contributed by atoms with Crippen LogP contribution in [0.15, 0.2) is 24.3 Å². The summed E-state index contributed by atoms with van der Waals surface area (Å²) < 4.78 is 5.15. The molecule has 0 aliphatic carbocycles. The van der Waals surface area contributed by atoms with Gasteiger partial charge in [-0.05, 0) is 32.4 Å². The molecule has 1 aromatic carbocycles. The number of carbonyl (C=O) groups excluding carboxylic acids is 1. The number of para-hydroxylation sites is 1.